The van der Waals surface area contributed by atoms with Gasteiger partial charge in [-0.1, -0.05) is 18.6 Å². The van der Waals surface area contributed by atoms with Gasteiger partial charge in [-0.3, -0.25) is 4.79 Å². The first-order valence-corrected chi connectivity index (χ1v) is 7.39. The van der Waals surface area contributed by atoms with Crippen LogP contribution in [0.25, 0.3) is 0 Å². The summed E-state index contributed by atoms with van der Waals surface area (Å²) < 4.78 is 0.805. The molecule has 0 spiro atoms. The van der Waals surface area contributed by atoms with E-state index in [9.17, 15) is 9.59 Å². The molecule has 6 heteroatoms. The molecule has 0 aromatic heterocycles. The van der Waals surface area contributed by atoms with Crippen molar-refractivity contribution >= 4 is 33.6 Å². The Balaban J connectivity index is 1.84. The number of nitrogens with one attached hydrogen (secondary N) is 2. The van der Waals surface area contributed by atoms with Gasteiger partial charge in [0, 0.05) is 11.0 Å². The lowest BCUT2D eigenvalue weighted by molar-refractivity contribution is -0.142. The van der Waals surface area contributed by atoms with Crippen LogP contribution in [0, 0.1) is 11.8 Å². The molecule has 0 bridgehead atoms. The van der Waals surface area contributed by atoms with E-state index in [1.165, 1.54) is 0 Å². The molecule has 0 saturated heterocycles. The molecule has 0 heterocycles. The molecular formula is C14H17BrN2O3. The largest absolute Gasteiger partial charge is 0.481 e. The summed E-state index contributed by atoms with van der Waals surface area (Å²) in [4.78, 5) is 22.9. The van der Waals surface area contributed by atoms with Crippen LogP contribution in [0.15, 0.2) is 28.7 Å². The summed E-state index contributed by atoms with van der Waals surface area (Å²) in [6, 6.07) is 7.01. The van der Waals surface area contributed by atoms with Crippen molar-refractivity contribution in [3.05, 3.63) is 28.7 Å². The van der Waals surface area contributed by atoms with Gasteiger partial charge in [-0.25, -0.2) is 4.79 Å². The predicted molar refractivity (Wildman–Crippen MR) is 79.6 cm³/mol. The predicted octanol–water partition coefficient (Wildman–Crippen LogP) is 3.07. The molecule has 2 amide bonds. The molecule has 1 aromatic rings. The fourth-order valence-electron chi connectivity index (χ4n) is 2.56. The molecule has 2 unspecified atom stereocenters. The van der Waals surface area contributed by atoms with Crippen molar-refractivity contribution in [1.82, 2.24) is 5.32 Å². The Hall–Kier alpha value is -1.56. The first-order valence-electron chi connectivity index (χ1n) is 6.60. The lowest BCUT2D eigenvalue weighted by Gasteiger charge is -2.16. The molecule has 20 heavy (non-hydrogen) atoms. The Kier molecular flexibility index (Phi) is 5.00. The molecule has 108 valence electrons. The number of carbonyl (C=O) groups excluding carboxylic acids is 1. The quantitative estimate of drug-likeness (QED) is 0.788. The van der Waals surface area contributed by atoms with Crippen LogP contribution in [0.5, 0.6) is 0 Å². The summed E-state index contributed by atoms with van der Waals surface area (Å²) in [5.74, 6) is -1.07. The van der Waals surface area contributed by atoms with Gasteiger partial charge in [0.2, 0.25) is 0 Å². The topological polar surface area (TPSA) is 78.4 Å². The number of hydrogen-bond donors (Lipinski definition) is 3. The lowest BCUT2D eigenvalue weighted by Crippen LogP contribution is -2.35. The van der Waals surface area contributed by atoms with Crippen LogP contribution in [0.4, 0.5) is 10.5 Å². The number of urea groups is 1. The van der Waals surface area contributed by atoms with E-state index in [4.69, 9.17) is 5.11 Å². The Morgan fingerprint density at radius 1 is 1.30 bits per heavy atom. The average Bonchev–Trinajstić information content (AvgIpc) is 2.88. The van der Waals surface area contributed by atoms with Crippen LogP contribution in [0.1, 0.15) is 19.3 Å². The minimum Gasteiger partial charge on any atom is -0.481 e. The maximum Gasteiger partial charge on any atom is 0.319 e. The fraction of sp³-hybridized carbons (Fsp3) is 0.429. The van der Waals surface area contributed by atoms with E-state index < -0.39 is 5.97 Å². The number of carboxylic acids is 1. The van der Waals surface area contributed by atoms with Crippen LogP contribution in [-0.4, -0.2) is 23.7 Å². The van der Waals surface area contributed by atoms with Gasteiger partial charge >= 0.3 is 12.0 Å². The van der Waals surface area contributed by atoms with Gasteiger partial charge in [-0.2, -0.15) is 0 Å². The number of halogens is 1. The van der Waals surface area contributed by atoms with Gasteiger partial charge in [0.05, 0.1) is 11.6 Å². The van der Waals surface area contributed by atoms with Crippen molar-refractivity contribution in [3.8, 4) is 0 Å². The summed E-state index contributed by atoms with van der Waals surface area (Å²) in [6.07, 6.45) is 2.47. The maximum absolute atomic E-state index is 11.8. The molecule has 1 aliphatic rings. The third-order valence-corrected chi connectivity index (χ3v) is 4.31. The third kappa shape index (κ3) is 3.72. The molecule has 1 aromatic carbocycles. The normalized spacial score (nSPS) is 21.4. The standard InChI is InChI=1S/C14H17BrN2O3/c15-11-6-1-2-7-12(11)17-14(20)16-8-9-4-3-5-10(9)13(18)19/h1-2,6-7,9-10H,3-5,8H2,(H,18,19)(H2,16,17,20). The van der Waals surface area contributed by atoms with Crippen LogP contribution in [0.2, 0.25) is 0 Å². The Morgan fingerprint density at radius 3 is 2.75 bits per heavy atom. The number of hydrogen-bond acceptors (Lipinski definition) is 2. The second kappa shape index (κ2) is 6.74. The second-order valence-electron chi connectivity index (χ2n) is 4.95. The molecule has 1 saturated carbocycles. The van der Waals surface area contributed by atoms with E-state index in [2.05, 4.69) is 26.6 Å². The average molecular weight is 341 g/mol. The molecule has 0 radical (unpaired) electrons. The smallest absolute Gasteiger partial charge is 0.319 e. The summed E-state index contributed by atoms with van der Waals surface area (Å²) in [7, 11) is 0. The highest BCUT2D eigenvalue weighted by Gasteiger charge is 2.32. The maximum atomic E-state index is 11.8. The Bertz CT molecular complexity index is 507. The number of carboxylic acid groups (broad SMARTS) is 1. The summed E-state index contributed by atoms with van der Waals surface area (Å²) in [5, 5.41) is 14.6. The molecule has 2 rings (SSSR count). The van der Waals surface area contributed by atoms with E-state index >= 15 is 0 Å². The van der Waals surface area contributed by atoms with Crippen molar-refractivity contribution < 1.29 is 14.7 Å². The first kappa shape index (κ1) is 14.8. The van der Waals surface area contributed by atoms with E-state index in [1.807, 2.05) is 18.2 Å². The summed E-state index contributed by atoms with van der Waals surface area (Å²) >= 11 is 3.35. The number of para-hydroxylation sites is 1. The minimum atomic E-state index is -0.763. The highest BCUT2D eigenvalue weighted by Crippen LogP contribution is 2.31. The van der Waals surface area contributed by atoms with Crippen LogP contribution in [-0.2, 0) is 4.79 Å². The zero-order chi connectivity index (χ0) is 14.5. The van der Waals surface area contributed by atoms with E-state index in [0.717, 1.165) is 17.3 Å². The minimum absolute atomic E-state index is 0.0254. The molecule has 0 aliphatic heterocycles. The Morgan fingerprint density at radius 2 is 2.05 bits per heavy atom. The van der Waals surface area contributed by atoms with Gasteiger partial charge in [0.1, 0.15) is 0 Å². The van der Waals surface area contributed by atoms with Gasteiger partial charge in [-0.05, 0) is 46.8 Å². The zero-order valence-corrected chi connectivity index (χ0v) is 12.5. The molecule has 2 atom stereocenters. The van der Waals surface area contributed by atoms with Crippen LogP contribution < -0.4 is 10.6 Å². The van der Waals surface area contributed by atoms with E-state index in [1.54, 1.807) is 6.07 Å². The number of aliphatic carboxylic acids is 1. The van der Waals surface area contributed by atoms with Crippen molar-refractivity contribution in [3.63, 3.8) is 0 Å². The molecular weight excluding hydrogens is 324 g/mol. The second-order valence-corrected chi connectivity index (χ2v) is 5.80. The monoisotopic (exact) mass is 340 g/mol. The number of benzene rings is 1. The molecule has 5 nitrogen and oxygen atoms in total. The van der Waals surface area contributed by atoms with Crippen molar-refractivity contribution in [2.24, 2.45) is 11.8 Å². The zero-order valence-electron chi connectivity index (χ0n) is 10.9. The number of amides is 2. The molecule has 1 aliphatic carbocycles. The van der Waals surface area contributed by atoms with Crippen LogP contribution >= 0.6 is 15.9 Å². The summed E-state index contributed by atoms with van der Waals surface area (Å²) in [5.41, 5.74) is 0.686. The molecule has 3 N–H and O–H groups in total. The highest BCUT2D eigenvalue weighted by molar-refractivity contribution is 9.10. The van der Waals surface area contributed by atoms with Crippen molar-refractivity contribution in [1.29, 1.82) is 0 Å². The summed E-state index contributed by atoms with van der Waals surface area (Å²) in [6.45, 7) is 0.396. The van der Waals surface area contributed by atoms with Gasteiger partial charge in [0.25, 0.3) is 0 Å². The van der Waals surface area contributed by atoms with Gasteiger partial charge in [0.15, 0.2) is 0 Å². The van der Waals surface area contributed by atoms with E-state index in [0.29, 0.717) is 18.7 Å². The first-order chi connectivity index (χ1) is 9.58. The lowest BCUT2D eigenvalue weighted by atomic mass is 9.96. The number of anilines is 1. The SMILES string of the molecule is O=C(NCC1CCCC1C(=O)O)Nc1ccccc1Br. The van der Waals surface area contributed by atoms with Crippen molar-refractivity contribution in [2.45, 2.75) is 19.3 Å². The third-order valence-electron chi connectivity index (χ3n) is 3.62. The Labute approximate surface area is 125 Å². The van der Waals surface area contributed by atoms with Gasteiger partial charge in [-0.15, -0.1) is 0 Å². The van der Waals surface area contributed by atoms with Crippen molar-refractivity contribution in [2.75, 3.05) is 11.9 Å². The molecule has 1 fully saturated rings. The van der Waals surface area contributed by atoms with E-state index in [-0.39, 0.29) is 17.9 Å². The number of carbonyl (C=O) groups is 2. The highest BCUT2D eigenvalue weighted by atomic mass is 79.9. The van der Waals surface area contributed by atoms with Gasteiger partial charge < -0.3 is 15.7 Å². The number of rotatable bonds is 4. The fourth-order valence-corrected chi connectivity index (χ4v) is 2.94. The van der Waals surface area contributed by atoms with Crippen LogP contribution in [0.3, 0.4) is 0 Å².